The van der Waals surface area contributed by atoms with Gasteiger partial charge < -0.3 is 4.74 Å². The summed E-state index contributed by atoms with van der Waals surface area (Å²) < 4.78 is 31.4. The highest BCUT2D eigenvalue weighted by Gasteiger charge is 2.23. The van der Waals surface area contributed by atoms with E-state index < -0.39 is 10.0 Å². The van der Waals surface area contributed by atoms with E-state index in [9.17, 15) is 8.42 Å². The minimum atomic E-state index is -3.49. The molecule has 0 amide bonds. The molecule has 0 spiro atoms. The van der Waals surface area contributed by atoms with Crippen LogP contribution in [0.15, 0.2) is 23.1 Å². The van der Waals surface area contributed by atoms with Crippen molar-refractivity contribution in [1.29, 1.82) is 0 Å². The third-order valence-corrected chi connectivity index (χ3v) is 5.27. The average Bonchev–Trinajstić information content (AvgIpc) is 2.38. The first-order valence-electron chi connectivity index (χ1n) is 6.13. The molecule has 0 unspecified atom stereocenters. The fourth-order valence-corrected chi connectivity index (χ4v) is 3.42. The standard InChI is InChI=1S/C13H20ClNO3S/c1-4-18-9-8-15(3)19(16,17)13-7-5-6-12(10-14)11(13)2/h5-7H,4,8-10H2,1-3H3. The van der Waals surface area contributed by atoms with E-state index in [2.05, 4.69) is 0 Å². The van der Waals surface area contributed by atoms with Crippen molar-refractivity contribution >= 4 is 21.6 Å². The van der Waals surface area contributed by atoms with Gasteiger partial charge in [0, 0.05) is 26.1 Å². The highest BCUT2D eigenvalue weighted by atomic mass is 35.5. The molecule has 0 radical (unpaired) electrons. The van der Waals surface area contributed by atoms with Gasteiger partial charge in [0.15, 0.2) is 0 Å². The number of alkyl halides is 1. The van der Waals surface area contributed by atoms with Gasteiger partial charge >= 0.3 is 0 Å². The molecule has 0 N–H and O–H groups in total. The van der Waals surface area contributed by atoms with Gasteiger partial charge in [-0.2, -0.15) is 4.31 Å². The predicted octanol–water partition coefficient (Wildman–Crippen LogP) is 2.39. The number of benzene rings is 1. The minimum absolute atomic E-state index is 0.303. The van der Waals surface area contributed by atoms with Crippen LogP contribution in [0.4, 0.5) is 0 Å². The van der Waals surface area contributed by atoms with Crippen LogP contribution in [0.25, 0.3) is 0 Å². The Bertz CT molecular complexity index is 517. The van der Waals surface area contributed by atoms with E-state index in [0.717, 1.165) is 5.56 Å². The molecule has 0 aliphatic rings. The quantitative estimate of drug-likeness (QED) is 0.574. The van der Waals surface area contributed by atoms with Crippen molar-refractivity contribution in [2.45, 2.75) is 24.6 Å². The first kappa shape index (κ1) is 16.4. The minimum Gasteiger partial charge on any atom is -0.380 e. The molecule has 0 aliphatic heterocycles. The second-order valence-electron chi connectivity index (χ2n) is 4.20. The second kappa shape index (κ2) is 7.24. The summed E-state index contributed by atoms with van der Waals surface area (Å²) in [4.78, 5) is 0.310. The highest BCUT2D eigenvalue weighted by Crippen LogP contribution is 2.22. The van der Waals surface area contributed by atoms with Crippen molar-refractivity contribution in [1.82, 2.24) is 4.31 Å². The van der Waals surface area contributed by atoms with Crippen LogP contribution in [0.3, 0.4) is 0 Å². The van der Waals surface area contributed by atoms with E-state index in [-0.39, 0.29) is 0 Å². The predicted molar refractivity (Wildman–Crippen MR) is 77.0 cm³/mol. The van der Waals surface area contributed by atoms with Crippen LogP contribution in [-0.4, -0.2) is 39.5 Å². The molecule has 6 heteroatoms. The molecule has 0 heterocycles. The smallest absolute Gasteiger partial charge is 0.243 e. The summed E-state index contributed by atoms with van der Waals surface area (Å²) in [5.41, 5.74) is 1.54. The molecule has 0 saturated heterocycles. The van der Waals surface area contributed by atoms with E-state index in [0.29, 0.717) is 36.1 Å². The summed E-state index contributed by atoms with van der Waals surface area (Å²) >= 11 is 5.81. The van der Waals surface area contributed by atoms with Crippen LogP contribution < -0.4 is 0 Å². The van der Waals surface area contributed by atoms with Crippen LogP contribution in [0.1, 0.15) is 18.1 Å². The first-order valence-corrected chi connectivity index (χ1v) is 8.11. The number of halogens is 1. The topological polar surface area (TPSA) is 46.6 Å². The lowest BCUT2D eigenvalue weighted by atomic mass is 10.1. The van der Waals surface area contributed by atoms with E-state index in [1.165, 1.54) is 4.31 Å². The third kappa shape index (κ3) is 3.92. The summed E-state index contributed by atoms with van der Waals surface area (Å²) in [7, 11) is -1.93. The number of hydrogen-bond acceptors (Lipinski definition) is 3. The fraction of sp³-hybridized carbons (Fsp3) is 0.538. The Morgan fingerprint density at radius 1 is 1.37 bits per heavy atom. The van der Waals surface area contributed by atoms with Gasteiger partial charge in [0.05, 0.1) is 11.5 Å². The number of nitrogens with zero attached hydrogens (tertiary/aromatic N) is 1. The molecule has 19 heavy (non-hydrogen) atoms. The molecule has 0 aromatic heterocycles. The Kier molecular flexibility index (Phi) is 6.26. The van der Waals surface area contributed by atoms with Gasteiger partial charge in [0.1, 0.15) is 0 Å². The molecule has 0 saturated carbocycles. The maximum atomic E-state index is 12.4. The summed E-state index contributed by atoms with van der Waals surface area (Å²) in [6.07, 6.45) is 0. The molecule has 4 nitrogen and oxygen atoms in total. The summed E-state index contributed by atoms with van der Waals surface area (Å²) in [5.74, 6) is 0.303. The van der Waals surface area contributed by atoms with Crippen molar-refractivity contribution in [3.63, 3.8) is 0 Å². The van der Waals surface area contributed by atoms with Crippen molar-refractivity contribution in [2.75, 3.05) is 26.8 Å². The van der Waals surface area contributed by atoms with E-state index in [1.54, 1.807) is 26.1 Å². The average molecular weight is 306 g/mol. The van der Waals surface area contributed by atoms with Crippen molar-refractivity contribution < 1.29 is 13.2 Å². The number of likely N-dealkylation sites (N-methyl/N-ethyl adjacent to an activating group) is 1. The van der Waals surface area contributed by atoms with Crippen LogP contribution >= 0.6 is 11.6 Å². The van der Waals surface area contributed by atoms with E-state index in [1.807, 2.05) is 13.0 Å². The highest BCUT2D eigenvalue weighted by molar-refractivity contribution is 7.89. The second-order valence-corrected chi connectivity index (χ2v) is 6.48. The van der Waals surface area contributed by atoms with Crippen LogP contribution in [0.5, 0.6) is 0 Å². The van der Waals surface area contributed by atoms with Crippen LogP contribution in [0.2, 0.25) is 0 Å². The maximum absolute atomic E-state index is 12.4. The van der Waals surface area contributed by atoms with E-state index >= 15 is 0 Å². The number of hydrogen-bond donors (Lipinski definition) is 0. The van der Waals surface area contributed by atoms with Crippen molar-refractivity contribution in [2.24, 2.45) is 0 Å². The lowest BCUT2D eigenvalue weighted by Gasteiger charge is -2.19. The molecule has 1 rings (SSSR count). The van der Waals surface area contributed by atoms with Gasteiger partial charge in [-0.1, -0.05) is 12.1 Å². The van der Waals surface area contributed by atoms with Crippen LogP contribution in [-0.2, 0) is 20.6 Å². The van der Waals surface area contributed by atoms with Gasteiger partial charge in [0.2, 0.25) is 10.0 Å². The number of rotatable bonds is 7. The van der Waals surface area contributed by atoms with Crippen molar-refractivity contribution in [3.05, 3.63) is 29.3 Å². The van der Waals surface area contributed by atoms with Gasteiger partial charge in [-0.25, -0.2) is 8.42 Å². The normalized spacial score (nSPS) is 12.1. The lowest BCUT2D eigenvalue weighted by Crippen LogP contribution is -2.31. The summed E-state index contributed by atoms with van der Waals surface area (Å²) in [5, 5.41) is 0. The molecule has 1 aromatic carbocycles. The van der Waals surface area contributed by atoms with Gasteiger partial charge in [0.25, 0.3) is 0 Å². The molecular weight excluding hydrogens is 286 g/mol. The fourth-order valence-electron chi connectivity index (χ4n) is 1.71. The number of ether oxygens (including phenoxy) is 1. The largest absolute Gasteiger partial charge is 0.380 e. The molecule has 0 aliphatic carbocycles. The lowest BCUT2D eigenvalue weighted by molar-refractivity contribution is 0.138. The Balaban J connectivity index is 3.00. The first-order chi connectivity index (χ1) is 8.95. The Labute approximate surface area is 120 Å². The zero-order valence-corrected chi connectivity index (χ0v) is 13.1. The monoisotopic (exact) mass is 305 g/mol. The van der Waals surface area contributed by atoms with Gasteiger partial charge in [-0.05, 0) is 31.0 Å². The zero-order chi connectivity index (χ0) is 14.5. The zero-order valence-electron chi connectivity index (χ0n) is 11.5. The number of sulfonamides is 1. The molecule has 108 valence electrons. The molecule has 0 atom stereocenters. The Morgan fingerprint density at radius 2 is 2.05 bits per heavy atom. The SMILES string of the molecule is CCOCCN(C)S(=O)(=O)c1cccc(CCl)c1C. The Morgan fingerprint density at radius 3 is 2.63 bits per heavy atom. The molecule has 0 fully saturated rings. The molecule has 1 aromatic rings. The summed E-state index contributed by atoms with van der Waals surface area (Å²) in [6, 6.07) is 5.16. The Hall–Kier alpha value is -0.620. The molecule has 0 bridgehead atoms. The maximum Gasteiger partial charge on any atom is 0.243 e. The van der Waals surface area contributed by atoms with Gasteiger partial charge in [-0.3, -0.25) is 0 Å². The summed E-state index contributed by atoms with van der Waals surface area (Å²) in [6.45, 7) is 4.96. The van der Waals surface area contributed by atoms with Crippen LogP contribution in [0, 0.1) is 6.92 Å². The van der Waals surface area contributed by atoms with E-state index in [4.69, 9.17) is 16.3 Å². The third-order valence-electron chi connectivity index (χ3n) is 2.98. The van der Waals surface area contributed by atoms with Crippen molar-refractivity contribution in [3.8, 4) is 0 Å². The van der Waals surface area contributed by atoms with Gasteiger partial charge in [-0.15, -0.1) is 11.6 Å². The molecular formula is C13H20ClNO3S.